The summed E-state index contributed by atoms with van der Waals surface area (Å²) in [7, 11) is 1.86. The molecule has 2 N–H and O–H groups in total. The molecule has 1 aliphatic rings. The summed E-state index contributed by atoms with van der Waals surface area (Å²) >= 11 is 0. The summed E-state index contributed by atoms with van der Waals surface area (Å²) in [6.07, 6.45) is 4.95. The maximum Gasteiger partial charge on any atom is 0.319 e. The van der Waals surface area contributed by atoms with Crippen LogP contribution in [0.5, 0.6) is 0 Å². The molecule has 4 rings (SSSR count). The van der Waals surface area contributed by atoms with Crippen molar-refractivity contribution in [2.45, 2.75) is 18.9 Å². The molecular formula is C18H20FN7O. The first-order valence-electron chi connectivity index (χ1n) is 8.81. The first-order valence-corrected chi connectivity index (χ1v) is 8.81. The highest BCUT2D eigenvalue weighted by Gasteiger charge is 2.23. The fourth-order valence-electron chi connectivity index (χ4n) is 3.32. The van der Waals surface area contributed by atoms with Gasteiger partial charge in [-0.3, -0.25) is 4.68 Å². The number of halogens is 1. The Bertz CT molecular complexity index is 948. The van der Waals surface area contributed by atoms with Crippen LogP contribution in [-0.2, 0) is 7.05 Å². The van der Waals surface area contributed by atoms with Crippen molar-refractivity contribution in [3.63, 3.8) is 0 Å². The summed E-state index contributed by atoms with van der Waals surface area (Å²) in [6.45, 7) is 1.56. The van der Waals surface area contributed by atoms with E-state index in [2.05, 4.69) is 30.6 Å². The number of hydrogen-bond donors (Lipinski definition) is 2. The fraction of sp³-hybridized carbons (Fsp3) is 0.333. The van der Waals surface area contributed by atoms with Gasteiger partial charge in [0.1, 0.15) is 18.0 Å². The lowest BCUT2D eigenvalue weighted by atomic mass is 10.1. The molecule has 0 saturated carbocycles. The van der Waals surface area contributed by atoms with Crippen molar-refractivity contribution in [3.05, 3.63) is 42.6 Å². The van der Waals surface area contributed by atoms with Crippen LogP contribution in [0.4, 0.5) is 20.7 Å². The van der Waals surface area contributed by atoms with E-state index in [0.717, 1.165) is 42.8 Å². The van der Waals surface area contributed by atoms with E-state index in [0.29, 0.717) is 5.69 Å². The maximum atomic E-state index is 12.9. The zero-order chi connectivity index (χ0) is 18.8. The van der Waals surface area contributed by atoms with Crippen LogP contribution in [0.15, 0.2) is 36.8 Å². The number of rotatable bonds is 3. The summed E-state index contributed by atoms with van der Waals surface area (Å²) in [6, 6.07) is 5.49. The first kappa shape index (κ1) is 17.2. The van der Waals surface area contributed by atoms with E-state index in [1.54, 1.807) is 17.2 Å². The van der Waals surface area contributed by atoms with Crippen LogP contribution in [0.3, 0.4) is 0 Å². The number of nitrogens with one attached hydrogen (secondary N) is 2. The highest BCUT2D eigenvalue weighted by molar-refractivity contribution is 5.89. The molecule has 0 spiro atoms. The van der Waals surface area contributed by atoms with Crippen molar-refractivity contribution in [2.75, 3.05) is 23.3 Å². The predicted octanol–water partition coefficient (Wildman–Crippen LogP) is 2.29. The van der Waals surface area contributed by atoms with Gasteiger partial charge in [-0.25, -0.2) is 19.2 Å². The second kappa shape index (κ2) is 7.18. The Morgan fingerprint density at radius 2 is 1.93 bits per heavy atom. The molecule has 2 amide bonds. The quantitative estimate of drug-likeness (QED) is 0.740. The zero-order valence-electron chi connectivity index (χ0n) is 14.9. The van der Waals surface area contributed by atoms with Crippen molar-refractivity contribution in [1.29, 1.82) is 0 Å². The van der Waals surface area contributed by atoms with Gasteiger partial charge in [0.2, 0.25) is 0 Å². The average molecular weight is 369 g/mol. The number of amides is 2. The summed E-state index contributed by atoms with van der Waals surface area (Å²) in [5, 5.41) is 10.9. The Morgan fingerprint density at radius 3 is 2.67 bits per heavy atom. The minimum absolute atomic E-state index is 0.0768. The van der Waals surface area contributed by atoms with Crippen molar-refractivity contribution in [1.82, 2.24) is 25.1 Å². The Hall–Kier alpha value is -3.23. The van der Waals surface area contributed by atoms with Gasteiger partial charge in [-0.1, -0.05) is 0 Å². The van der Waals surface area contributed by atoms with E-state index in [1.807, 2.05) is 7.05 Å². The molecule has 3 aromatic rings. The van der Waals surface area contributed by atoms with Crippen molar-refractivity contribution in [3.8, 4) is 0 Å². The maximum absolute atomic E-state index is 12.9. The predicted molar refractivity (Wildman–Crippen MR) is 100 cm³/mol. The smallest absolute Gasteiger partial charge is 0.319 e. The molecule has 0 unspecified atom stereocenters. The monoisotopic (exact) mass is 369 g/mol. The zero-order valence-corrected chi connectivity index (χ0v) is 14.9. The molecule has 2 aromatic heterocycles. The van der Waals surface area contributed by atoms with E-state index < -0.39 is 0 Å². The third-order valence-electron chi connectivity index (χ3n) is 4.74. The number of carbonyl (C=O) groups is 1. The van der Waals surface area contributed by atoms with Gasteiger partial charge in [-0.05, 0) is 37.1 Å². The average Bonchev–Trinajstić information content (AvgIpc) is 3.06. The van der Waals surface area contributed by atoms with Crippen molar-refractivity contribution in [2.24, 2.45) is 7.05 Å². The lowest BCUT2D eigenvalue weighted by Crippen LogP contribution is -2.46. The second-order valence-electron chi connectivity index (χ2n) is 6.57. The van der Waals surface area contributed by atoms with Gasteiger partial charge < -0.3 is 15.5 Å². The van der Waals surface area contributed by atoms with Crippen LogP contribution in [-0.4, -0.2) is 44.9 Å². The highest BCUT2D eigenvalue weighted by Crippen LogP contribution is 2.25. The van der Waals surface area contributed by atoms with Gasteiger partial charge in [0, 0.05) is 31.9 Å². The number of aromatic nitrogens is 4. The molecule has 9 heteroatoms. The minimum Gasteiger partial charge on any atom is -0.356 e. The number of anilines is 2. The van der Waals surface area contributed by atoms with Crippen molar-refractivity contribution < 1.29 is 9.18 Å². The van der Waals surface area contributed by atoms with E-state index in [1.165, 1.54) is 24.3 Å². The van der Waals surface area contributed by atoms with Crippen LogP contribution in [0.1, 0.15) is 12.8 Å². The molecule has 140 valence electrons. The summed E-state index contributed by atoms with van der Waals surface area (Å²) in [5.41, 5.74) is 1.37. The number of nitrogens with zero attached hydrogens (tertiary/aromatic N) is 5. The van der Waals surface area contributed by atoms with Crippen LogP contribution in [0, 0.1) is 5.82 Å². The fourth-order valence-corrected chi connectivity index (χ4v) is 3.32. The minimum atomic E-state index is -0.333. The Morgan fingerprint density at radius 1 is 1.19 bits per heavy atom. The molecule has 8 nitrogen and oxygen atoms in total. The summed E-state index contributed by atoms with van der Waals surface area (Å²) < 4.78 is 14.7. The number of aryl methyl sites for hydroxylation is 1. The van der Waals surface area contributed by atoms with Gasteiger partial charge >= 0.3 is 6.03 Å². The molecule has 0 bridgehead atoms. The van der Waals surface area contributed by atoms with Gasteiger partial charge in [-0.15, -0.1) is 0 Å². The van der Waals surface area contributed by atoms with Gasteiger partial charge in [0.15, 0.2) is 5.65 Å². The van der Waals surface area contributed by atoms with E-state index in [9.17, 15) is 9.18 Å². The Kier molecular flexibility index (Phi) is 4.57. The third kappa shape index (κ3) is 3.67. The van der Waals surface area contributed by atoms with Crippen LogP contribution < -0.4 is 15.5 Å². The van der Waals surface area contributed by atoms with E-state index in [-0.39, 0.29) is 17.9 Å². The second-order valence-corrected chi connectivity index (χ2v) is 6.57. The van der Waals surface area contributed by atoms with E-state index in [4.69, 9.17) is 0 Å². The number of fused-ring (bicyclic) bond motifs is 1. The molecule has 1 aromatic carbocycles. The van der Waals surface area contributed by atoms with Gasteiger partial charge in [-0.2, -0.15) is 5.10 Å². The SMILES string of the molecule is Cn1ncc2c(N3CCC(NC(=O)Nc4ccc(F)cc4)CC3)ncnc21. The first-order chi connectivity index (χ1) is 13.1. The normalized spacial score (nSPS) is 15.1. The number of urea groups is 1. The molecule has 27 heavy (non-hydrogen) atoms. The lowest BCUT2D eigenvalue weighted by molar-refractivity contribution is 0.246. The van der Waals surface area contributed by atoms with Crippen LogP contribution in [0.25, 0.3) is 11.0 Å². The number of carbonyl (C=O) groups excluding carboxylic acids is 1. The molecular weight excluding hydrogens is 349 g/mol. The lowest BCUT2D eigenvalue weighted by Gasteiger charge is -2.33. The number of piperidine rings is 1. The molecule has 1 fully saturated rings. The topological polar surface area (TPSA) is 88.0 Å². The standard InChI is InChI=1S/C18H20FN7O/c1-25-16-15(10-22-25)17(21-11-20-16)26-8-6-14(7-9-26)24-18(27)23-13-4-2-12(19)3-5-13/h2-5,10-11,14H,6-9H2,1H3,(H2,23,24,27). The number of hydrogen-bond acceptors (Lipinski definition) is 5. The molecule has 1 saturated heterocycles. The summed E-state index contributed by atoms with van der Waals surface area (Å²) in [4.78, 5) is 23.0. The molecule has 0 aliphatic carbocycles. The van der Waals surface area contributed by atoms with Gasteiger partial charge in [0.05, 0.1) is 11.6 Å². The van der Waals surface area contributed by atoms with Crippen LogP contribution >= 0.6 is 0 Å². The Labute approximate surface area is 155 Å². The molecule has 3 heterocycles. The van der Waals surface area contributed by atoms with Crippen molar-refractivity contribution >= 4 is 28.6 Å². The van der Waals surface area contributed by atoms with E-state index >= 15 is 0 Å². The molecule has 0 radical (unpaired) electrons. The van der Waals surface area contributed by atoms with Gasteiger partial charge in [0.25, 0.3) is 0 Å². The molecule has 1 aliphatic heterocycles. The molecule has 0 atom stereocenters. The Balaban J connectivity index is 1.34. The largest absolute Gasteiger partial charge is 0.356 e. The summed E-state index contributed by atoms with van der Waals surface area (Å²) in [5.74, 6) is 0.545. The van der Waals surface area contributed by atoms with Crippen LogP contribution in [0.2, 0.25) is 0 Å². The number of benzene rings is 1. The highest BCUT2D eigenvalue weighted by atomic mass is 19.1. The third-order valence-corrected chi connectivity index (χ3v) is 4.74.